The molecule has 0 bridgehead atoms. The molecule has 2 aromatic carbocycles. The van der Waals surface area contributed by atoms with Crippen LogP contribution in [-0.2, 0) is 20.7 Å². The molecule has 226 valence electrons. The first-order chi connectivity index (χ1) is 20.5. The Morgan fingerprint density at radius 3 is 2.42 bits per heavy atom. The largest absolute Gasteiger partial charge is 0.495 e. The molecule has 5 atom stereocenters. The highest BCUT2D eigenvalue weighted by Crippen LogP contribution is 2.69. The summed E-state index contributed by atoms with van der Waals surface area (Å²) in [4.78, 5) is 19.2. The smallest absolute Gasteiger partial charge is 0.410 e. The average Bonchev–Trinajstić information content (AvgIpc) is 3.37. The maximum Gasteiger partial charge on any atom is 0.410 e. The fourth-order valence-corrected chi connectivity index (χ4v) is 6.57. The van der Waals surface area contributed by atoms with Crippen molar-refractivity contribution in [1.82, 2.24) is 9.88 Å². The van der Waals surface area contributed by atoms with Gasteiger partial charge in [-0.05, 0) is 44.0 Å². The van der Waals surface area contributed by atoms with Crippen LogP contribution in [-0.4, -0.2) is 71.8 Å². The van der Waals surface area contributed by atoms with Crippen molar-refractivity contribution >= 4 is 6.09 Å². The van der Waals surface area contributed by atoms with Crippen molar-refractivity contribution in [3.63, 3.8) is 0 Å². The molecule has 10 nitrogen and oxygen atoms in total. The minimum absolute atomic E-state index is 0.0193. The van der Waals surface area contributed by atoms with Crippen LogP contribution in [0.1, 0.15) is 48.9 Å². The molecule has 0 radical (unpaired) electrons. The first-order valence-electron chi connectivity index (χ1n) is 14.2. The molecule has 2 heterocycles. The summed E-state index contributed by atoms with van der Waals surface area (Å²) in [6, 6.07) is 18.4. The van der Waals surface area contributed by atoms with Gasteiger partial charge in [0.2, 0.25) is 0 Å². The van der Waals surface area contributed by atoms with Gasteiger partial charge in [0, 0.05) is 32.0 Å². The topological polar surface area (TPSA) is 134 Å². The molecule has 0 saturated heterocycles. The van der Waals surface area contributed by atoms with E-state index in [1.54, 1.807) is 52.1 Å². The van der Waals surface area contributed by atoms with E-state index < -0.39 is 40.8 Å². The Labute approximate surface area is 251 Å². The van der Waals surface area contributed by atoms with Gasteiger partial charge < -0.3 is 34.1 Å². The molecule has 1 aliphatic heterocycles. The number of hydrogen-bond donors (Lipinski definition) is 2. The van der Waals surface area contributed by atoms with Crippen molar-refractivity contribution in [2.24, 2.45) is 5.92 Å². The van der Waals surface area contributed by atoms with E-state index in [1.165, 1.54) is 24.4 Å². The number of rotatable bonds is 8. The van der Waals surface area contributed by atoms with E-state index in [2.05, 4.69) is 11.1 Å². The van der Waals surface area contributed by atoms with Crippen LogP contribution in [0.4, 0.5) is 4.79 Å². The number of amides is 1. The molecule has 1 amide bonds. The number of benzene rings is 2. The highest BCUT2D eigenvalue weighted by Gasteiger charge is 2.77. The van der Waals surface area contributed by atoms with Crippen molar-refractivity contribution in [3.8, 4) is 17.6 Å². The van der Waals surface area contributed by atoms with Crippen LogP contribution in [0.2, 0.25) is 0 Å². The first kappa shape index (κ1) is 30.3. The zero-order valence-electron chi connectivity index (χ0n) is 25.0. The summed E-state index contributed by atoms with van der Waals surface area (Å²) in [5.74, 6) is -0.914. The van der Waals surface area contributed by atoms with E-state index in [0.717, 1.165) is 5.56 Å². The number of carbonyl (C=O) groups is 1. The summed E-state index contributed by atoms with van der Waals surface area (Å²) in [5, 5.41) is 34.9. The van der Waals surface area contributed by atoms with Gasteiger partial charge in [0.05, 0.1) is 49.4 Å². The van der Waals surface area contributed by atoms with E-state index in [4.69, 9.17) is 18.9 Å². The Kier molecular flexibility index (Phi) is 8.09. The van der Waals surface area contributed by atoms with Crippen molar-refractivity contribution in [2.75, 3.05) is 33.9 Å². The third-order valence-corrected chi connectivity index (χ3v) is 8.26. The number of pyridine rings is 1. The second-order valence-electron chi connectivity index (χ2n) is 11.9. The van der Waals surface area contributed by atoms with Gasteiger partial charge >= 0.3 is 6.09 Å². The molecular formula is C33H37N3O7. The minimum Gasteiger partial charge on any atom is -0.495 e. The third kappa shape index (κ3) is 4.97. The number of aliphatic hydroxyl groups is 2. The highest BCUT2D eigenvalue weighted by molar-refractivity contribution is 5.68. The molecule has 1 aliphatic carbocycles. The van der Waals surface area contributed by atoms with E-state index in [-0.39, 0.29) is 36.8 Å². The number of methoxy groups -OCH3 is 2. The normalized spacial score (nSPS) is 25.7. The molecular weight excluding hydrogens is 550 g/mol. The fraction of sp³-hybridized carbons (Fsp3) is 0.424. The SMILES string of the molecule is COCCN(C[C@@H]1[C@H](O)[C@]2(O)c3c(OC)cncc3O[C@]2(c2ccc(C#N)cc2)[C@H]1c1ccccc1)C(=O)OC(C)(C)C. The lowest BCUT2D eigenvalue weighted by atomic mass is 9.70. The van der Waals surface area contributed by atoms with E-state index >= 15 is 0 Å². The second kappa shape index (κ2) is 11.5. The van der Waals surface area contributed by atoms with Gasteiger partial charge in [-0.2, -0.15) is 5.26 Å². The molecule has 1 saturated carbocycles. The van der Waals surface area contributed by atoms with Gasteiger partial charge in [0.25, 0.3) is 0 Å². The maximum atomic E-state index is 13.5. The number of hydrogen-bond acceptors (Lipinski definition) is 9. The van der Waals surface area contributed by atoms with Crippen LogP contribution in [0.3, 0.4) is 0 Å². The van der Waals surface area contributed by atoms with Gasteiger partial charge in [-0.15, -0.1) is 0 Å². The molecule has 2 aliphatic rings. The molecule has 10 heteroatoms. The van der Waals surface area contributed by atoms with Crippen molar-refractivity contribution in [2.45, 2.75) is 49.6 Å². The number of nitrogens with zero attached hydrogens (tertiary/aromatic N) is 3. The lowest BCUT2D eigenvalue weighted by molar-refractivity contribution is -0.152. The minimum atomic E-state index is -2.04. The third-order valence-electron chi connectivity index (χ3n) is 8.26. The summed E-state index contributed by atoms with van der Waals surface area (Å²) in [6.45, 7) is 5.81. The van der Waals surface area contributed by atoms with E-state index in [1.807, 2.05) is 30.3 Å². The van der Waals surface area contributed by atoms with Gasteiger partial charge in [0.1, 0.15) is 17.1 Å². The van der Waals surface area contributed by atoms with Gasteiger partial charge in [0.15, 0.2) is 11.2 Å². The Balaban J connectivity index is 1.75. The molecule has 2 N–H and O–H groups in total. The maximum absolute atomic E-state index is 13.5. The number of aromatic nitrogens is 1. The number of carbonyl (C=O) groups excluding carboxylic acids is 1. The van der Waals surface area contributed by atoms with Crippen molar-refractivity contribution in [3.05, 3.63) is 89.2 Å². The number of aliphatic hydroxyl groups excluding tert-OH is 1. The molecule has 3 aromatic rings. The summed E-state index contributed by atoms with van der Waals surface area (Å²) < 4.78 is 23.5. The second-order valence-corrected chi connectivity index (χ2v) is 11.9. The first-order valence-corrected chi connectivity index (χ1v) is 14.2. The molecule has 5 rings (SSSR count). The zero-order chi connectivity index (χ0) is 31.0. The summed E-state index contributed by atoms with van der Waals surface area (Å²) in [5.41, 5.74) is -2.36. The Bertz CT molecular complexity index is 1500. The summed E-state index contributed by atoms with van der Waals surface area (Å²) in [6.07, 6.45) is 0.953. The number of ether oxygens (including phenoxy) is 4. The predicted octanol–water partition coefficient (Wildman–Crippen LogP) is 4.10. The molecule has 0 spiro atoms. The fourth-order valence-electron chi connectivity index (χ4n) is 6.57. The van der Waals surface area contributed by atoms with Crippen LogP contribution < -0.4 is 9.47 Å². The van der Waals surface area contributed by atoms with E-state index in [0.29, 0.717) is 11.1 Å². The van der Waals surface area contributed by atoms with Crippen LogP contribution in [0.15, 0.2) is 67.0 Å². The lowest BCUT2D eigenvalue weighted by Gasteiger charge is -2.41. The standard InChI is InChI=1S/C33H37N3O7/c1-31(2,3)43-30(38)36(15-16-40-4)20-24-27(22-9-7-6-8-10-22)33(23-13-11-21(17-34)12-14-23)32(39,29(24)37)28-25(41-5)18-35-19-26(28)42-33/h6-14,18-19,24,27,29,37,39H,15-16,20H2,1-5H3/t24-,27-,29-,32+,33+/m0/s1. The molecule has 0 unspecified atom stereocenters. The Morgan fingerprint density at radius 1 is 1.12 bits per heavy atom. The van der Waals surface area contributed by atoms with Crippen LogP contribution in [0.25, 0.3) is 0 Å². The van der Waals surface area contributed by atoms with Crippen LogP contribution >= 0.6 is 0 Å². The summed E-state index contributed by atoms with van der Waals surface area (Å²) in [7, 11) is 3.01. The van der Waals surface area contributed by atoms with Gasteiger partial charge in [-0.25, -0.2) is 4.79 Å². The zero-order valence-corrected chi connectivity index (χ0v) is 25.0. The van der Waals surface area contributed by atoms with Crippen molar-refractivity contribution < 1.29 is 34.0 Å². The monoisotopic (exact) mass is 587 g/mol. The van der Waals surface area contributed by atoms with Gasteiger partial charge in [-0.3, -0.25) is 4.98 Å². The molecule has 1 fully saturated rings. The Morgan fingerprint density at radius 2 is 1.81 bits per heavy atom. The van der Waals surface area contributed by atoms with Gasteiger partial charge in [-0.1, -0.05) is 42.5 Å². The number of nitriles is 1. The van der Waals surface area contributed by atoms with E-state index in [9.17, 15) is 20.3 Å². The van der Waals surface area contributed by atoms with Crippen molar-refractivity contribution in [1.29, 1.82) is 5.26 Å². The molecule has 1 aromatic heterocycles. The quantitative estimate of drug-likeness (QED) is 0.400. The number of fused-ring (bicyclic) bond motifs is 3. The van der Waals surface area contributed by atoms with Crippen LogP contribution in [0.5, 0.6) is 11.5 Å². The Hall–Kier alpha value is -4.17. The van der Waals surface area contributed by atoms with Crippen LogP contribution in [0, 0.1) is 17.2 Å². The lowest BCUT2D eigenvalue weighted by Crippen LogP contribution is -2.52. The average molecular weight is 588 g/mol. The predicted molar refractivity (Wildman–Crippen MR) is 157 cm³/mol. The highest BCUT2D eigenvalue weighted by atomic mass is 16.6. The molecule has 43 heavy (non-hydrogen) atoms. The summed E-state index contributed by atoms with van der Waals surface area (Å²) >= 11 is 0.